The van der Waals surface area contributed by atoms with E-state index >= 15 is 0 Å². The number of anilines is 1. The van der Waals surface area contributed by atoms with Crippen molar-refractivity contribution in [3.8, 4) is 11.1 Å². The number of aromatic nitrogens is 2. The molecule has 3 aromatic rings. The summed E-state index contributed by atoms with van der Waals surface area (Å²) in [5.41, 5.74) is 11.1. The molecule has 7 rings (SSSR count). The second-order valence-electron chi connectivity index (χ2n) is 11.4. The van der Waals surface area contributed by atoms with Gasteiger partial charge in [0, 0.05) is 51.3 Å². The number of ether oxygens (including phenoxy) is 1. The first kappa shape index (κ1) is 28.0. The number of hydrogen-bond acceptors (Lipinski definition) is 5. The topological polar surface area (TPSA) is 103 Å². The number of urea groups is 1. The zero-order valence-corrected chi connectivity index (χ0v) is 24.5. The molecular formula is C32H34Cl2N4O3. The Morgan fingerprint density at radius 1 is 1.22 bits per heavy atom. The predicted molar refractivity (Wildman–Crippen MR) is 161 cm³/mol. The Kier molecular flexibility index (Phi) is 7.94. The highest BCUT2D eigenvalue weighted by molar-refractivity contribution is 6.42. The summed E-state index contributed by atoms with van der Waals surface area (Å²) in [5.74, 6) is 2.65. The Bertz CT molecular complexity index is 1500. The first-order valence-corrected chi connectivity index (χ1v) is 15.1. The number of pyridine rings is 1. The number of halogens is 2. The smallest absolute Gasteiger partial charge is 0.316 e. The number of primary amides is 1. The molecule has 3 saturated carbocycles. The van der Waals surface area contributed by atoms with Gasteiger partial charge in [0.15, 0.2) is 0 Å². The third-order valence-corrected chi connectivity index (χ3v) is 9.49. The molecule has 1 spiro atoms. The average molecular weight is 594 g/mol. The van der Waals surface area contributed by atoms with Gasteiger partial charge in [0.05, 0.1) is 12.7 Å². The first-order chi connectivity index (χ1) is 19.9. The maximum atomic E-state index is 10.7. The van der Waals surface area contributed by atoms with Crippen molar-refractivity contribution in [1.82, 2.24) is 10.1 Å². The van der Waals surface area contributed by atoms with Crippen LogP contribution in [0.1, 0.15) is 62.5 Å². The van der Waals surface area contributed by atoms with Crippen LogP contribution in [0.3, 0.4) is 0 Å². The molecule has 7 nitrogen and oxygen atoms in total. The molecule has 0 saturated heterocycles. The molecule has 2 aromatic heterocycles. The third-order valence-electron chi connectivity index (χ3n) is 8.77. The van der Waals surface area contributed by atoms with Crippen molar-refractivity contribution in [1.29, 1.82) is 0 Å². The molecule has 2 heterocycles. The summed E-state index contributed by atoms with van der Waals surface area (Å²) in [7, 11) is 0. The molecule has 3 unspecified atom stereocenters. The highest BCUT2D eigenvalue weighted by Gasteiger charge is 2.77. The van der Waals surface area contributed by atoms with E-state index in [1.165, 1.54) is 19.3 Å². The normalized spacial score (nSPS) is 25.4. The van der Waals surface area contributed by atoms with Crippen molar-refractivity contribution in [2.75, 3.05) is 5.32 Å². The maximum Gasteiger partial charge on any atom is 0.316 e. The van der Waals surface area contributed by atoms with Gasteiger partial charge in [-0.15, -0.1) is 0 Å². The molecule has 3 N–H and O–H groups in total. The van der Waals surface area contributed by atoms with E-state index in [1.54, 1.807) is 18.5 Å². The van der Waals surface area contributed by atoms with Crippen LogP contribution < -0.4 is 11.1 Å². The Morgan fingerprint density at radius 2 is 2.07 bits per heavy atom. The summed E-state index contributed by atoms with van der Waals surface area (Å²) >= 11 is 12.9. The molecule has 2 amide bonds. The zero-order valence-electron chi connectivity index (χ0n) is 23.0. The van der Waals surface area contributed by atoms with E-state index < -0.39 is 6.03 Å². The van der Waals surface area contributed by atoms with Gasteiger partial charge in [-0.3, -0.25) is 4.98 Å². The van der Waals surface area contributed by atoms with Gasteiger partial charge in [0.2, 0.25) is 0 Å². The van der Waals surface area contributed by atoms with Gasteiger partial charge in [0.1, 0.15) is 11.5 Å². The van der Waals surface area contributed by atoms with Crippen molar-refractivity contribution in [2.45, 2.75) is 64.6 Å². The lowest BCUT2D eigenvalue weighted by Crippen LogP contribution is -2.19. The minimum Gasteiger partial charge on any atom is -0.373 e. The summed E-state index contributed by atoms with van der Waals surface area (Å²) in [6, 6.07) is 10.7. The second-order valence-corrected chi connectivity index (χ2v) is 12.3. The number of benzene rings is 1. The minimum absolute atomic E-state index is 0.415. The largest absolute Gasteiger partial charge is 0.373 e. The standard InChI is InChI=1S/C20H23Cl2NO2.C12H11N3O/c1-2-4-16-12(10-24-17-7-11-8-20(11)9-13(17)20)19(23-25-16)18-14(21)5-3-6-15(18)22;13-12(16)15-11-5-1-3-9(7-11)10-4-2-6-14-8-10/h5,11,13,17H,2-4,6-10H2,1H3;1-8H,(H3,13,15,16)/t11?,13?,17?,20-;/m1./s1. The van der Waals surface area contributed by atoms with Crippen LogP contribution in [0.15, 0.2) is 69.5 Å². The van der Waals surface area contributed by atoms with Gasteiger partial charge < -0.3 is 20.3 Å². The van der Waals surface area contributed by atoms with E-state index in [0.29, 0.717) is 28.8 Å². The summed E-state index contributed by atoms with van der Waals surface area (Å²) in [4.78, 5) is 14.8. The van der Waals surface area contributed by atoms with Crippen molar-refractivity contribution >= 4 is 40.5 Å². The van der Waals surface area contributed by atoms with Gasteiger partial charge >= 0.3 is 6.03 Å². The number of hydrogen-bond donors (Lipinski definition) is 2. The number of nitrogens with one attached hydrogen (secondary N) is 1. The Labute approximate surface area is 250 Å². The van der Waals surface area contributed by atoms with E-state index in [4.69, 9.17) is 38.2 Å². The molecule has 4 aliphatic rings. The fourth-order valence-electron chi connectivity index (χ4n) is 6.58. The van der Waals surface area contributed by atoms with E-state index in [0.717, 1.165) is 76.3 Å². The van der Waals surface area contributed by atoms with Crippen LogP contribution in [-0.4, -0.2) is 22.3 Å². The highest BCUT2D eigenvalue weighted by Crippen LogP contribution is 2.82. The fourth-order valence-corrected chi connectivity index (χ4v) is 7.24. The van der Waals surface area contributed by atoms with Crippen molar-refractivity contribution < 1.29 is 14.1 Å². The Morgan fingerprint density at radius 3 is 2.76 bits per heavy atom. The Balaban J connectivity index is 0.000000164. The van der Waals surface area contributed by atoms with Crippen LogP contribution in [0.5, 0.6) is 0 Å². The van der Waals surface area contributed by atoms with Gasteiger partial charge in [-0.25, -0.2) is 4.79 Å². The number of amides is 2. The number of carbonyl (C=O) groups excluding carboxylic acids is 1. The zero-order chi connectivity index (χ0) is 28.6. The molecule has 0 aliphatic heterocycles. The first-order valence-electron chi connectivity index (χ1n) is 14.3. The molecule has 41 heavy (non-hydrogen) atoms. The summed E-state index contributed by atoms with van der Waals surface area (Å²) < 4.78 is 12.0. The summed E-state index contributed by atoms with van der Waals surface area (Å²) in [6.07, 6.45) is 13.5. The summed E-state index contributed by atoms with van der Waals surface area (Å²) in [6.45, 7) is 2.70. The molecule has 9 heteroatoms. The van der Waals surface area contributed by atoms with Crippen LogP contribution >= 0.6 is 23.2 Å². The molecule has 0 bridgehead atoms. The molecule has 214 valence electrons. The van der Waals surface area contributed by atoms with Crippen LogP contribution in [0, 0.1) is 17.3 Å². The molecule has 0 radical (unpaired) electrons. The average Bonchev–Trinajstić information content (AvgIpc) is 3.80. The van der Waals surface area contributed by atoms with E-state index in [2.05, 4.69) is 22.4 Å². The fraction of sp³-hybridized carbons (Fsp3) is 0.406. The number of nitrogens with two attached hydrogens (primary N) is 1. The quantitative estimate of drug-likeness (QED) is 0.275. The van der Waals surface area contributed by atoms with Gasteiger partial charge in [-0.1, -0.05) is 59.6 Å². The lowest BCUT2D eigenvalue weighted by atomic mass is 9.99. The van der Waals surface area contributed by atoms with Crippen LogP contribution in [0.4, 0.5) is 10.5 Å². The molecular weight excluding hydrogens is 559 g/mol. The lowest BCUT2D eigenvalue weighted by Gasteiger charge is -2.17. The van der Waals surface area contributed by atoms with Crippen LogP contribution in [0.25, 0.3) is 16.7 Å². The monoisotopic (exact) mass is 592 g/mol. The number of nitrogens with zero attached hydrogens (tertiary/aromatic N) is 2. The number of allylic oxidation sites excluding steroid dienone is 4. The van der Waals surface area contributed by atoms with Gasteiger partial charge in [0.25, 0.3) is 0 Å². The van der Waals surface area contributed by atoms with Gasteiger partial charge in [-0.05, 0) is 79.5 Å². The van der Waals surface area contributed by atoms with Gasteiger partial charge in [-0.2, -0.15) is 0 Å². The molecule has 4 aliphatic carbocycles. The third kappa shape index (κ3) is 5.81. The number of carbonyl (C=O) groups is 1. The SMILES string of the molecule is CCCc1onc(C2=C(Cl)CCC=C2Cl)c1COC1CC2C[C@@]23CC13.NC(=O)Nc1cccc(-c2cccnc2)c1. The number of aryl methyl sites for hydroxylation is 1. The van der Waals surface area contributed by atoms with Crippen LogP contribution in [-0.2, 0) is 17.8 Å². The van der Waals surface area contributed by atoms with E-state index in [9.17, 15) is 4.79 Å². The second kappa shape index (κ2) is 11.6. The lowest BCUT2D eigenvalue weighted by molar-refractivity contribution is 0.0239. The van der Waals surface area contributed by atoms with E-state index in [1.807, 2.05) is 36.4 Å². The Hall–Kier alpha value is -3.13. The van der Waals surface area contributed by atoms with Crippen LogP contribution in [0.2, 0.25) is 0 Å². The molecule has 4 atom stereocenters. The number of rotatable bonds is 8. The minimum atomic E-state index is -0.566. The van der Waals surface area contributed by atoms with E-state index in [-0.39, 0.29) is 0 Å². The predicted octanol–water partition coefficient (Wildman–Crippen LogP) is 8.05. The summed E-state index contributed by atoms with van der Waals surface area (Å²) in [5, 5.41) is 8.32. The molecule has 3 fully saturated rings. The van der Waals surface area contributed by atoms with Crippen molar-refractivity contribution in [2.24, 2.45) is 23.0 Å². The maximum absolute atomic E-state index is 10.7. The highest BCUT2D eigenvalue weighted by atomic mass is 35.5. The van der Waals surface area contributed by atoms with Crippen molar-refractivity contribution in [3.63, 3.8) is 0 Å². The van der Waals surface area contributed by atoms with Crippen molar-refractivity contribution in [3.05, 3.63) is 82.0 Å². The molecule has 1 aromatic carbocycles.